The van der Waals surface area contributed by atoms with Gasteiger partial charge in [0.2, 0.25) is 0 Å². The topological polar surface area (TPSA) is 43.1 Å². The SMILES string of the molecule is CC1=C(c2ccccc2)[C@@H](c2ccccc2)c2cc([N+](=O)[O-])ccc21. The maximum atomic E-state index is 11.3. The summed E-state index contributed by atoms with van der Waals surface area (Å²) in [7, 11) is 0. The lowest BCUT2D eigenvalue weighted by atomic mass is 9.85. The molecule has 0 aliphatic heterocycles. The Labute approximate surface area is 146 Å². The fraction of sp³-hybridized carbons (Fsp3) is 0.0909. The zero-order valence-electron chi connectivity index (χ0n) is 13.8. The molecule has 1 aliphatic carbocycles. The summed E-state index contributed by atoms with van der Waals surface area (Å²) in [5.41, 5.74) is 6.97. The third-order valence-corrected chi connectivity index (χ3v) is 4.87. The average Bonchev–Trinajstić information content (AvgIpc) is 2.95. The number of benzene rings is 3. The molecule has 3 aromatic rings. The van der Waals surface area contributed by atoms with E-state index in [1.807, 2.05) is 42.5 Å². The Bertz CT molecular complexity index is 975. The molecule has 0 bridgehead atoms. The van der Waals surface area contributed by atoms with Gasteiger partial charge in [-0.2, -0.15) is 0 Å². The van der Waals surface area contributed by atoms with Crippen molar-refractivity contribution in [1.82, 2.24) is 0 Å². The Kier molecular flexibility index (Phi) is 3.69. The number of non-ortho nitro benzene ring substituents is 1. The number of rotatable bonds is 3. The summed E-state index contributed by atoms with van der Waals surface area (Å²) in [5, 5.41) is 11.3. The third-order valence-electron chi connectivity index (χ3n) is 4.87. The molecule has 0 aromatic heterocycles. The van der Waals surface area contributed by atoms with Crippen molar-refractivity contribution in [2.24, 2.45) is 0 Å². The number of hydrogen-bond donors (Lipinski definition) is 0. The van der Waals surface area contributed by atoms with Crippen molar-refractivity contribution in [1.29, 1.82) is 0 Å². The van der Waals surface area contributed by atoms with E-state index >= 15 is 0 Å². The number of nitrogens with zero attached hydrogens (tertiary/aromatic N) is 1. The zero-order chi connectivity index (χ0) is 17.4. The van der Waals surface area contributed by atoms with Crippen LogP contribution in [0.3, 0.4) is 0 Å². The molecule has 0 saturated heterocycles. The van der Waals surface area contributed by atoms with Gasteiger partial charge in [-0.15, -0.1) is 0 Å². The Balaban J connectivity index is 1.97. The van der Waals surface area contributed by atoms with E-state index in [1.165, 1.54) is 11.1 Å². The Morgan fingerprint density at radius 3 is 2.16 bits per heavy atom. The molecule has 3 aromatic carbocycles. The van der Waals surface area contributed by atoms with Gasteiger partial charge in [-0.1, -0.05) is 60.7 Å². The van der Waals surface area contributed by atoms with Gasteiger partial charge in [-0.3, -0.25) is 10.1 Å². The number of nitro groups is 1. The first-order valence-corrected chi connectivity index (χ1v) is 8.26. The molecule has 0 spiro atoms. The lowest BCUT2D eigenvalue weighted by Gasteiger charge is -2.18. The minimum atomic E-state index is -0.321. The van der Waals surface area contributed by atoms with E-state index in [2.05, 4.69) is 31.2 Å². The Morgan fingerprint density at radius 1 is 0.880 bits per heavy atom. The molecule has 4 rings (SSSR count). The molecule has 0 N–H and O–H groups in total. The molecule has 0 amide bonds. The van der Waals surface area contributed by atoms with Gasteiger partial charge in [0, 0.05) is 18.1 Å². The molecule has 1 atom stereocenters. The molecule has 1 aliphatic rings. The van der Waals surface area contributed by atoms with Gasteiger partial charge < -0.3 is 0 Å². The van der Waals surface area contributed by atoms with Crippen LogP contribution >= 0.6 is 0 Å². The van der Waals surface area contributed by atoms with Crippen molar-refractivity contribution >= 4 is 16.8 Å². The van der Waals surface area contributed by atoms with Gasteiger partial charge in [-0.05, 0) is 46.4 Å². The fourth-order valence-corrected chi connectivity index (χ4v) is 3.75. The molecular weight excluding hydrogens is 310 g/mol. The first-order valence-electron chi connectivity index (χ1n) is 8.26. The van der Waals surface area contributed by atoms with Crippen LogP contribution in [-0.2, 0) is 0 Å². The van der Waals surface area contributed by atoms with Crippen molar-refractivity contribution in [3.05, 3.63) is 111 Å². The number of allylic oxidation sites excluding steroid dienone is 2. The van der Waals surface area contributed by atoms with Crippen LogP contribution in [0.25, 0.3) is 11.1 Å². The summed E-state index contributed by atoms with van der Waals surface area (Å²) >= 11 is 0. The Hall–Kier alpha value is -3.20. The van der Waals surface area contributed by atoms with Gasteiger partial charge in [0.05, 0.1) is 4.92 Å². The largest absolute Gasteiger partial charge is 0.269 e. The highest BCUT2D eigenvalue weighted by Crippen LogP contribution is 2.50. The second kappa shape index (κ2) is 6.02. The van der Waals surface area contributed by atoms with Crippen molar-refractivity contribution in [3.8, 4) is 0 Å². The van der Waals surface area contributed by atoms with Crippen LogP contribution in [0.1, 0.15) is 35.1 Å². The van der Waals surface area contributed by atoms with Crippen LogP contribution in [0, 0.1) is 10.1 Å². The lowest BCUT2D eigenvalue weighted by Crippen LogP contribution is -2.02. The highest BCUT2D eigenvalue weighted by atomic mass is 16.6. The van der Waals surface area contributed by atoms with Crippen molar-refractivity contribution < 1.29 is 4.92 Å². The summed E-state index contributed by atoms with van der Waals surface area (Å²) in [6.45, 7) is 2.11. The molecule has 3 heteroatoms. The summed E-state index contributed by atoms with van der Waals surface area (Å²) in [5.74, 6) is 0.0125. The van der Waals surface area contributed by atoms with E-state index in [4.69, 9.17) is 0 Å². The predicted molar refractivity (Wildman–Crippen MR) is 100 cm³/mol. The number of fused-ring (bicyclic) bond motifs is 1. The van der Waals surface area contributed by atoms with Crippen LogP contribution in [0.2, 0.25) is 0 Å². The smallest absolute Gasteiger partial charge is 0.258 e. The van der Waals surface area contributed by atoms with Gasteiger partial charge in [0.25, 0.3) is 5.69 Å². The molecule has 3 nitrogen and oxygen atoms in total. The van der Waals surface area contributed by atoms with E-state index in [9.17, 15) is 10.1 Å². The first kappa shape index (κ1) is 15.3. The van der Waals surface area contributed by atoms with Crippen LogP contribution in [0.15, 0.2) is 78.9 Å². The van der Waals surface area contributed by atoms with E-state index in [0.717, 1.165) is 22.3 Å². The van der Waals surface area contributed by atoms with Crippen molar-refractivity contribution in [2.45, 2.75) is 12.8 Å². The fourth-order valence-electron chi connectivity index (χ4n) is 3.75. The minimum absolute atomic E-state index is 0.0125. The van der Waals surface area contributed by atoms with Gasteiger partial charge in [0.1, 0.15) is 0 Å². The second-order valence-corrected chi connectivity index (χ2v) is 6.28. The highest BCUT2D eigenvalue weighted by molar-refractivity contribution is 6.00. The minimum Gasteiger partial charge on any atom is -0.258 e. The first-order chi connectivity index (χ1) is 12.2. The van der Waals surface area contributed by atoms with E-state index in [-0.39, 0.29) is 16.5 Å². The molecule has 0 radical (unpaired) electrons. The number of nitro benzene ring substituents is 1. The lowest BCUT2D eigenvalue weighted by molar-refractivity contribution is -0.384. The highest BCUT2D eigenvalue weighted by Gasteiger charge is 2.32. The standard InChI is InChI=1S/C22H17NO2/c1-15-19-13-12-18(23(24)25)14-20(19)22(17-10-6-3-7-11-17)21(15)16-8-4-2-5-9-16/h2-14,22H,1H3/t22-/m0/s1. The quantitative estimate of drug-likeness (QED) is 0.459. The zero-order valence-corrected chi connectivity index (χ0v) is 13.8. The van der Waals surface area contributed by atoms with Crippen LogP contribution < -0.4 is 0 Å². The second-order valence-electron chi connectivity index (χ2n) is 6.28. The van der Waals surface area contributed by atoms with E-state index in [0.29, 0.717) is 0 Å². The summed E-state index contributed by atoms with van der Waals surface area (Å²) in [6, 6.07) is 25.7. The van der Waals surface area contributed by atoms with Crippen LogP contribution in [0.5, 0.6) is 0 Å². The molecule has 0 heterocycles. The molecule has 25 heavy (non-hydrogen) atoms. The molecule has 0 saturated carbocycles. The molecule has 122 valence electrons. The molecule has 0 fully saturated rings. The number of hydrogen-bond acceptors (Lipinski definition) is 2. The normalized spacial score (nSPS) is 16.0. The van der Waals surface area contributed by atoms with E-state index < -0.39 is 0 Å². The van der Waals surface area contributed by atoms with Crippen molar-refractivity contribution in [3.63, 3.8) is 0 Å². The van der Waals surface area contributed by atoms with Crippen molar-refractivity contribution in [2.75, 3.05) is 0 Å². The Morgan fingerprint density at radius 2 is 1.52 bits per heavy atom. The predicted octanol–water partition coefficient (Wildman–Crippen LogP) is 5.67. The summed E-state index contributed by atoms with van der Waals surface area (Å²) < 4.78 is 0. The van der Waals surface area contributed by atoms with Crippen LogP contribution in [-0.4, -0.2) is 4.92 Å². The van der Waals surface area contributed by atoms with Gasteiger partial charge in [0.15, 0.2) is 0 Å². The third kappa shape index (κ3) is 2.54. The summed E-state index contributed by atoms with van der Waals surface area (Å²) in [4.78, 5) is 10.9. The van der Waals surface area contributed by atoms with Crippen LogP contribution in [0.4, 0.5) is 5.69 Å². The molecular formula is C22H17NO2. The summed E-state index contributed by atoms with van der Waals surface area (Å²) in [6.07, 6.45) is 0. The molecule has 0 unspecified atom stereocenters. The maximum absolute atomic E-state index is 11.3. The monoisotopic (exact) mass is 327 g/mol. The average molecular weight is 327 g/mol. The van der Waals surface area contributed by atoms with E-state index in [1.54, 1.807) is 12.1 Å². The van der Waals surface area contributed by atoms with Gasteiger partial charge >= 0.3 is 0 Å². The maximum Gasteiger partial charge on any atom is 0.269 e. The van der Waals surface area contributed by atoms with Gasteiger partial charge in [-0.25, -0.2) is 0 Å².